The second-order valence-corrected chi connectivity index (χ2v) is 7.81. The van der Waals surface area contributed by atoms with Crippen molar-refractivity contribution in [2.45, 2.75) is 20.0 Å². The lowest BCUT2D eigenvalue weighted by Gasteiger charge is -2.27. The van der Waals surface area contributed by atoms with Gasteiger partial charge >= 0.3 is 6.03 Å². The summed E-state index contributed by atoms with van der Waals surface area (Å²) in [6.07, 6.45) is 3.58. The second kappa shape index (κ2) is 11.0. The molecule has 0 aliphatic carbocycles. The Balaban J connectivity index is 1.74. The summed E-state index contributed by atoms with van der Waals surface area (Å²) in [5, 5.41) is 2.87. The molecule has 2 aromatic carbocycles. The smallest absolute Gasteiger partial charge is 0.322 e. The Hall–Kier alpha value is -3.80. The third kappa shape index (κ3) is 6.35. The number of rotatable bonds is 9. The molecule has 0 bridgehead atoms. The van der Waals surface area contributed by atoms with Crippen molar-refractivity contribution in [3.05, 3.63) is 102 Å². The van der Waals surface area contributed by atoms with Crippen molar-refractivity contribution in [2.75, 3.05) is 18.4 Å². The fourth-order valence-electron chi connectivity index (χ4n) is 3.37. The highest BCUT2D eigenvalue weighted by atomic mass is 16.2. The first-order valence-corrected chi connectivity index (χ1v) is 10.6. The second-order valence-electron chi connectivity index (χ2n) is 7.81. The van der Waals surface area contributed by atoms with E-state index >= 15 is 0 Å². The van der Waals surface area contributed by atoms with Gasteiger partial charge in [-0.2, -0.15) is 0 Å². The van der Waals surface area contributed by atoms with Crippen LogP contribution in [0.25, 0.3) is 0 Å². The molecule has 0 spiro atoms. The van der Waals surface area contributed by atoms with Crippen LogP contribution in [0.15, 0.2) is 85.6 Å². The van der Waals surface area contributed by atoms with Crippen LogP contribution < -0.4 is 5.32 Å². The molecule has 32 heavy (non-hydrogen) atoms. The predicted molar refractivity (Wildman–Crippen MR) is 128 cm³/mol. The molecule has 0 aliphatic rings. The maximum atomic E-state index is 13.3. The number of hydrogen-bond donors (Lipinski definition) is 1. The number of hydrogen-bond acceptors (Lipinski definition) is 2. The molecule has 0 fully saturated rings. The molecule has 0 unspecified atom stereocenters. The Morgan fingerprint density at radius 1 is 0.969 bits per heavy atom. The van der Waals surface area contributed by atoms with E-state index in [0.717, 1.165) is 16.8 Å². The van der Waals surface area contributed by atoms with Crippen molar-refractivity contribution in [1.29, 1.82) is 0 Å². The van der Waals surface area contributed by atoms with Gasteiger partial charge in [0, 0.05) is 37.7 Å². The SMILES string of the molecule is C=CCN(CC(=O)N(Cc1ccccc1)Cc1cccn1C)C(=O)Nc1ccc(C)cc1. The van der Waals surface area contributed by atoms with Crippen molar-refractivity contribution in [1.82, 2.24) is 14.4 Å². The van der Waals surface area contributed by atoms with Crippen LogP contribution in [0.5, 0.6) is 0 Å². The number of aryl methyl sites for hydroxylation is 2. The van der Waals surface area contributed by atoms with Gasteiger partial charge in [-0.25, -0.2) is 4.79 Å². The van der Waals surface area contributed by atoms with Crippen LogP contribution in [-0.4, -0.2) is 39.4 Å². The van der Waals surface area contributed by atoms with E-state index in [1.54, 1.807) is 11.0 Å². The number of anilines is 1. The van der Waals surface area contributed by atoms with Crippen molar-refractivity contribution < 1.29 is 9.59 Å². The summed E-state index contributed by atoms with van der Waals surface area (Å²) in [5.74, 6) is -0.129. The lowest BCUT2D eigenvalue weighted by molar-refractivity contribution is -0.133. The zero-order valence-corrected chi connectivity index (χ0v) is 18.7. The molecule has 0 saturated heterocycles. The number of nitrogens with zero attached hydrogens (tertiary/aromatic N) is 3. The highest BCUT2D eigenvalue weighted by Gasteiger charge is 2.22. The van der Waals surface area contributed by atoms with Gasteiger partial charge in [-0.3, -0.25) is 4.79 Å². The Morgan fingerprint density at radius 2 is 1.69 bits per heavy atom. The minimum atomic E-state index is -0.333. The molecule has 3 rings (SSSR count). The summed E-state index contributed by atoms with van der Waals surface area (Å²) >= 11 is 0. The van der Waals surface area contributed by atoms with E-state index in [0.29, 0.717) is 18.8 Å². The van der Waals surface area contributed by atoms with Crippen LogP contribution >= 0.6 is 0 Å². The Labute approximate surface area is 189 Å². The van der Waals surface area contributed by atoms with E-state index in [1.165, 1.54) is 4.90 Å². The largest absolute Gasteiger partial charge is 0.353 e. The molecule has 6 nitrogen and oxygen atoms in total. The molecule has 3 amide bonds. The predicted octanol–water partition coefficient (Wildman–Crippen LogP) is 4.58. The third-order valence-corrected chi connectivity index (χ3v) is 5.24. The third-order valence-electron chi connectivity index (χ3n) is 5.24. The van der Waals surface area contributed by atoms with E-state index in [2.05, 4.69) is 11.9 Å². The quantitative estimate of drug-likeness (QED) is 0.505. The average molecular weight is 431 g/mol. The van der Waals surface area contributed by atoms with Crippen LogP contribution in [0.2, 0.25) is 0 Å². The van der Waals surface area contributed by atoms with Crippen molar-refractivity contribution in [3.8, 4) is 0 Å². The van der Waals surface area contributed by atoms with Crippen LogP contribution in [0.3, 0.4) is 0 Å². The number of benzene rings is 2. The number of nitrogens with one attached hydrogen (secondary N) is 1. The Kier molecular flexibility index (Phi) is 7.86. The van der Waals surface area contributed by atoms with Gasteiger partial charge in [0.2, 0.25) is 5.91 Å². The van der Waals surface area contributed by atoms with Gasteiger partial charge in [0.25, 0.3) is 0 Å². The Bertz CT molecular complexity index is 1040. The van der Waals surface area contributed by atoms with Gasteiger partial charge in [0.15, 0.2) is 0 Å². The van der Waals surface area contributed by atoms with Gasteiger partial charge in [0.05, 0.1) is 6.54 Å². The maximum Gasteiger partial charge on any atom is 0.322 e. The molecule has 1 N–H and O–H groups in total. The summed E-state index contributed by atoms with van der Waals surface area (Å²) in [7, 11) is 1.96. The van der Waals surface area contributed by atoms with E-state index < -0.39 is 0 Å². The lowest BCUT2D eigenvalue weighted by Crippen LogP contribution is -2.44. The number of carbonyl (C=O) groups is 2. The van der Waals surface area contributed by atoms with Crippen molar-refractivity contribution in [3.63, 3.8) is 0 Å². The zero-order chi connectivity index (χ0) is 22.9. The van der Waals surface area contributed by atoms with Crippen LogP contribution in [-0.2, 0) is 24.9 Å². The summed E-state index contributed by atoms with van der Waals surface area (Å²) < 4.78 is 2.00. The average Bonchev–Trinajstić information content (AvgIpc) is 3.19. The van der Waals surface area contributed by atoms with Gasteiger partial charge < -0.3 is 19.7 Å². The van der Waals surface area contributed by atoms with Crippen LogP contribution in [0, 0.1) is 6.92 Å². The molecule has 1 aromatic heterocycles. The number of carbonyl (C=O) groups excluding carboxylic acids is 2. The molecule has 0 aliphatic heterocycles. The number of urea groups is 1. The Morgan fingerprint density at radius 3 is 2.31 bits per heavy atom. The van der Waals surface area contributed by atoms with Crippen LogP contribution in [0.4, 0.5) is 10.5 Å². The molecule has 3 aromatic rings. The molecule has 0 radical (unpaired) electrons. The van der Waals surface area contributed by atoms with Crippen LogP contribution in [0.1, 0.15) is 16.8 Å². The lowest BCUT2D eigenvalue weighted by atomic mass is 10.2. The van der Waals surface area contributed by atoms with E-state index in [-0.39, 0.29) is 25.0 Å². The first-order chi connectivity index (χ1) is 15.5. The fourth-order valence-corrected chi connectivity index (χ4v) is 3.37. The fraction of sp³-hybridized carbons (Fsp3) is 0.231. The molecular weight excluding hydrogens is 400 g/mol. The molecule has 1 heterocycles. The van der Waals surface area contributed by atoms with E-state index in [9.17, 15) is 9.59 Å². The zero-order valence-electron chi connectivity index (χ0n) is 18.7. The molecule has 0 atom stereocenters. The van der Waals surface area contributed by atoms with Gasteiger partial charge in [-0.15, -0.1) is 6.58 Å². The molecule has 166 valence electrons. The topological polar surface area (TPSA) is 57.6 Å². The normalized spacial score (nSPS) is 10.4. The van der Waals surface area contributed by atoms with E-state index in [1.807, 2.05) is 91.5 Å². The minimum absolute atomic E-state index is 0.0407. The number of amides is 3. The standard InChI is InChI=1S/C26H30N4O2/c1-4-16-29(26(32)27-23-14-12-21(2)13-15-23)20-25(31)30(18-22-9-6-5-7-10-22)19-24-11-8-17-28(24)3/h4-15,17H,1,16,18-20H2,2-3H3,(H,27,32). The molecule has 0 saturated carbocycles. The minimum Gasteiger partial charge on any atom is -0.353 e. The highest BCUT2D eigenvalue weighted by molar-refractivity contribution is 5.92. The maximum absolute atomic E-state index is 13.3. The monoisotopic (exact) mass is 430 g/mol. The van der Waals surface area contributed by atoms with Crippen molar-refractivity contribution >= 4 is 17.6 Å². The van der Waals surface area contributed by atoms with Gasteiger partial charge in [0.1, 0.15) is 6.54 Å². The molecule has 6 heteroatoms. The van der Waals surface area contributed by atoms with Gasteiger partial charge in [-0.1, -0.05) is 54.1 Å². The summed E-state index contributed by atoms with van der Waals surface area (Å²) in [4.78, 5) is 29.4. The summed E-state index contributed by atoms with van der Waals surface area (Å²) in [6.45, 7) is 6.88. The van der Waals surface area contributed by atoms with E-state index in [4.69, 9.17) is 0 Å². The summed E-state index contributed by atoms with van der Waals surface area (Å²) in [6, 6.07) is 21.0. The number of aromatic nitrogens is 1. The molecular formula is C26H30N4O2. The van der Waals surface area contributed by atoms with Gasteiger partial charge in [-0.05, 0) is 36.8 Å². The summed E-state index contributed by atoms with van der Waals surface area (Å²) in [5.41, 5.74) is 3.86. The highest BCUT2D eigenvalue weighted by Crippen LogP contribution is 2.13. The van der Waals surface area contributed by atoms with Crippen molar-refractivity contribution in [2.24, 2.45) is 7.05 Å². The first-order valence-electron chi connectivity index (χ1n) is 10.6. The first kappa shape index (κ1) is 22.9.